The highest BCUT2D eigenvalue weighted by atomic mass is 32.2. The van der Waals surface area contributed by atoms with Crippen molar-refractivity contribution >= 4 is 34.8 Å². The number of hydrogen-bond donors (Lipinski definition) is 1. The Labute approximate surface area is 231 Å². The minimum Gasteiger partial charge on any atom is -0.445 e. The van der Waals surface area contributed by atoms with E-state index in [-0.39, 0.29) is 12.4 Å². The van der Waals surface area contributed by atoms with Crippen LogP contribution in [0.1, 0.15) is 34.2 Å². The number of esters is 1. The number of carbonyl (C=O) groups is 2. The first-order valence-electron chi connectivity index (χ1n) is 12.6. The second kappa shape index (κ2) is 13.2. The van der Waals surface area contributed by atoms with Gasteiger partial charge >= 0.3 is 17.7 Å². The number of fused-ring (bicyclic) bond motifs is 1. The number of alkyl carbamates (subject to hydrolysis) is 1. The molecule has 0 aliphatic heterocycles. The smallest absolute Gasteiger partial charge is 0.408 e. The molecule has 1 atom stereocenters. The number of benzene rings is 3. The molecule has 8 heteroatoms. The molecule has 0 bridgehead atoms. The zero-order valence-corrected chi connectivity index (χ0v) is 23.0. The van der Waals surface area contributed by atoms with E-state index in [1.807, 2.05) is 73.8 Å². The number of carbonyl (C=O) groups excluding carboxylic acids is 2. The van der Waals surface area contributed by atoms with Crippen LogP contribution in [0.15, 0.2) is 82.0 Å². The van der Waals surface area contributed by atoms with E-state index in [4.69, 9.17) is 13.9 Å². The molecule has 1 N–H and O–H groups in total. The maximum Gasteiger partial charge on any atom is 0.408 e. The van der Waals surface area contributed by atoms with E-state index in [1.165, 1.54) is 0 Å². The second-order valence-corrected chi connectivity index (χ2v) is 10.2. The SMILES string of the molecule is CSCCC(NC(=O)OCc1ccccc1)C(=O)Oc1ccc2c(C)c(Cc3ccccc3)c(=O)oc2c1C. The molecule has 1 heterocycles. The molecule has 0 aliphatic rings. The van der Waals surface area contributed by atoms with Gasteiger partial charge in [0.15, 0.2) is 0 Å². The highest BCUT2D eigenvalue weighted by Gasteiger charge is 2.25. The van der Waals surface area contributed by atoms with Gasteiger partial charge in [-0.1, -0.05) is 60.7 Å². The summed E-state index contributed by atoms with van der Waals surface area (Å²) in [5, 5.41) is 3.40. The zero-order valence-electron chi connectivity index (χ0n) is 22.2. The molecular weight excluding hydrogens is 514 g/mol. The Morgan fingerprint density at radius 1 is 0.923 bits per heavy atom. The molecule has 1 amide bonds. The predicted molar refractivity (Wildman–Crippen MR) is 153 cm³/mol. The van der Waals surface area contributed by atoms with Gasteiger partial charge in [-0.25, -0.2) is 14.4 Å². The van der Waals surface area contributed by atoms with Crippen LogP contribution in [-0.4, -0.2) is 30.1 Å². The van der Waals surface area contributed by atoms with Crippen LogP contribution in [0, 0.1) is 13.8 Å². The molecule has 7 nitrogen and oxygen atoms in total. The van der Waals surface area contributed by atoms with Crippen LogP contribution in [0.2, 0.25) is 0 Å². The van der Waals surface area contributed by atoms with Crippen LogP contribution < -0.4 is 15.7 Å². The van der Waals surface area contributed by atoms with Crippen molar-refractivity contribution < 1.29 is 23.5 Å². The topological polar surface area (TPSA) is 94.8 Å². The van der Waals surface area contributed by atoms with Crippen molar-refractivity contribution in [3.05, 3.63) is 111 Å². The number of amides is 1. The van der Waals surface area contributed by atoms with Gasteiger partial charge in [-0.05, 0) is 61.1 Å². The molecule has 1 unspecified atom stereocenters. The lowest BCUT2D eigenvalue weighted by Crippen LogP contribution is -2.43. The Kier molecular flexibility index (Phi) is 9.44. The highest BCUT2D eigenvalue weighted by Crippen LogP contribution is 2.30. The highest BCUT2D eigenvalue weighted by molar-refractivity contribution is 7.98. The number of nitrogens with one attached hydrogen (secondary N) is 1. The van der Waals surface area contributed by atoms with Crippen molar-refractivity contribution in [2.24, 2.45) is 0 Å². The molecule has 4 aromatic rings. The molecule has 3 aromatic carbocycles. The maximum atomic E-state index is 13.1. The van der Waals surface area contributed by atoms with Crippen LogP contribution in [0.25, 0.3) is 11.0 Å². The minimum atomic E-state index is -0.905. The van der Waals surface area contributed by atoms with Gasteiger partial charge in [0, 0.05) is 22.9 Å². The fourth-order valence-corrected chi connectivity index (χ4v) is 4.73. The average Bonchev–Trinajstić information content (AvgIpc) is 2.95. The third-order valence-corrected chi connectivity index (χ3v) is 7.13. The van der Waals surface area contributed by atoms with Crippen molar-refractivity contribution in [2.75, 3.05) is 12.0 Å². The van der Waals surface area contributed by atoms with E-state index in [1.54, 1.807) is 30.8 Å². The number of rotatable bonds is 10. The van der Waals surface area contributed by atoms with E-state index >= 15 is 0 Å². The van der Waals surface area contributed by atoms with Crippen molar-refractivity contribution in [1.82, 2.24) is 5.32 Å². The quantitative estimate of drug-likeness (QED) is 0.149. The van der Waals surface area contributed by atoms with E-state index in [0.717, 1.165) is 22.1 Å². The molecule has 4 rings (SSSR count). The predicted octanol–water partition coefficient (Wildman–Crippen LogP) is 5.95. The van der Waals surface area contributed by atoms with E-state index in [0.29, 0.717) is 35.3 Å². The Morgan fingerprint density at radius 3 is 2.26 bits per heavy atom. The summed E-state index contributed by atoms with van der Waals surface area (Å²) in [5.74, 6) is 0.274. The lowest BCUT2D eigenvalue weighted by Gasteiger charge is -2.18. The molecule has 1 aromatic heterocycles. The first-order valence-corrected chi connectivity index (χ1v) is 14.0. The van der Waals surface area contributed by atoms with Crippen LogP contribution in [0.3, 0.4) is 0 Å². The third-order valence-electron chi connectivity index (χ3n) is 6.49. The van der Waals surface area contributed by atoms with Crippen LogP contribution in [0.4, 0.5) is 4.79 Å². The first kappa shape index (κ1) is 28.0. The monoisotopic (exact) mass is 545 g/mol. The maximum absolute atomic E-state index is 13.1. The van der Waals surface area contributed by atoms with Gasteiger partial charge < -0.3 is 19.2 Å². The molecular formula is C31H31NO6S. The van der Waals surface area contributed by atoms with Gasteiger partial charge in [0.2, 0.25) is 0 Å². The summed E-state index contributed by atoms with van der Waals surface area (Å²) in [5.41, 5.74) is 3.75. The van der Waals surface area contributed by atoms with Crippen molar-refractivity contribution in [1.29, 1.82) is 0 Å². The molecule has 0 spiro atoms. The molecule has 0 radical (unpaired) electrons. The summed E-state index contributed by atoms with van der Waals surface area (Å²) in [6, 6.07) is 21.6. The van der Waals surface area contributed by atoms with Crippen molar-refractivity contribution in [2.45, 2.75) is 39.3 Å². The van der Waals surface area contributed by atoms with Gasteiger partial charge in [-0.2, -0.15) is 11.8 Å². The standard InChI is InChI=1S/C31H31NO6S/c1-20-24-14-15-27(21(2)28(24)38-29(33)25(20)18-22-10-6-4-7-11-22)37-30(34)26(16-17-39-3)32-31(35)36-19-23-12-8-5-9-13-23/h4-15,26H,16-19H2,1-3H3,(H,32,35). The summed E-state index contributed by atoms with van der Waals surface area (Å²) in [6.07, 6.45) is 2.04. The largest absolute Gasteiger partial charge is 0.445 e. The Hall–Kier alpha value is -4.04. The Bertz CT molecular complexity index is 1500. The summed E-state index contributed by atoms with van der Waals surface area (Å²) >= 11 is 1.55. The normalized spacial score (nSPS) is 11.7. The summed E-state index contributed by atoms with van der Waals surface area (Å²) < 4.78 is 16.7. The number of ether oxygens (including phenoxy) is 2. The zero-order chi connectivity index (χ0) is 27.8. The van der Waals surface area contributed by atoms with Gasteiger partial charge in [0.05, 0.1) is 0 Å². The van der Waals surface area contributed by atoms with Crippen LogP contribution in [-0.2, 0) is 22.6 Å². The van der Waals surface area contributed by atoms with E-state index in [2.05, 4.69) is 5.32 Å². The van der Waals surface area contributed by atoms with E-state index in [9.17, 15) is 14.4 Å². The third kappa shape index (κ3) is 7.09. The van der Waals surface area contributed by atoms with Gasteiger partial charge in [-0.15, -0.1) is 0 Å². The molecule has 202 valence electrons. The van der Waals surface area contributed by atoms with Gasteiger partial charge in [-0.3, -0.25) is 0 Å². The second-order valence-electron chi connectivity index (χ2n) is 9.18. The number of hydrogen-bond acceptors (Lipinski definition) is 7. The van der Waals surface area contributed by atoms with Gasteiger partial charge in [0.1, 0.15) is 24.0 Å². The van der Waals surface area contributed by atoms with Crippen LogP contribution in [0.5, 0.6) is 5.75 Å². The molecule has 39 heavy (non-hydrogen) atoms. The average molecular weight is 546 g/mol. The molecule has 0 saturated carbocycles. The van der Waals surface area contributed by atoms with Gasteiger partial charge in [0.25, 0.3) is 0 Å². The van der Waals surface area contributed by atoms with Crippen molar-refractivity contribution in [3.63, 3.8) is 0 Å². The fourth-order valence-electron chi connectivity index (χ4n) is 4.26. The van der Waals surface area contributed by atoms with Crippen LogP contribution >= 0.6 is 11.8 Å². The number of aryl methyl sites for hydroxylation is 2. The molecule has 0 saturated heterocycles. The Balaban J connectivity index is 1.51. The summed E-state index contributed by atoms with van der Waals surface area (Å²) in [6.45, 7) is 3.72. The minimum absolute atomic E-state index is 0.0887. The fraction of sp³-hybridized carbons (Fsp3) is 0.258. The summed E-state index contributed by atoms with van der Waals surface area (Å²) in [7, 11) is 0. The van der Waals surface area contributed by atoms with E-state index < -0.39 is 23.7 Å². The lowest BCUT2D eigenvalue weighted by molar-refractivity contribution is -0.136. The first-order chi connectivity index (χ1) is 18.9. The lowest BCUT2D eigenvalue weighted by atomic mass is 9.98. The Morgan fingerprint density at radius 2 is 1.59 bits per heavy atom. The number of thioether (sulfide) groups is 1. The molecule has 0 aliphatic carbocycles. The molecule has 0 fully saturated rings. The summed E-state index contributed by atoms with van der Waals surface area (Å²) in [4.78, 5) is 38.5. The van der Waals surface area contributed by atoms with Crippen molar-refractivity contribution in [3.8, 4) is 5.75 Å².